The summed E-state index contributed by atoms with van der Waals surface area (Å²) in [6.45, 7) is 12.4. The minimum atomic E-state index is -0.191. The van der Waals surface area contributed by atoms with E-state index < -0.39 is 0 Å². The number of rotatable bonds is 6. The Kier molecular flexibility index (Phi) is 10.2. The van der Waals surface area contributed by atoms with E-state index in [1.54, 1.807) is 12.3 Å². The molecule has 4 N–H and O–H groups in total. The van der Waals surface area contributed by atoms with E-state index in [0.29, 0.717) is 17.9 Å². The van der Waals surface area contributed by atoms with Gasteiger partial charge in [0.15, 0.2) is 0 Å². The fraction of sp³-hybridized carbons (Fsp3) is 0.304. The molecule has 0 spiro atoms. The normalized spacial score (nSPS) is 10.3. The third-order valence-corrected chi connectivity index (χ3v) is 4.62. The molecule has 0 bridgehead atoms. The van der Waals surface area contributed by atoms with E-state index in [-0.39, 0.29) is 5.91 Å². The lowest BCUT2D eigenvalue weighted by Gasteiger charge is -2.18. The van der Waals surface area contributed by atoms with Gasteiger partial charge in [0.1, 0.15) is 5.82 Å². The van der Waals surface area contributed by atoms with Crippen LogP contribution in [0.3, 0.4) is 0 Å². The van der Waals surface area contributed by atoms with E-state index in [1.165, 1.54) is 0 Å². The largest absolute Gasteiger partial charge is 0.387 e. The van der Waals surface area contributed by atoms with Crippen LogP contribution >= 0.6 is 12.6 Å². The fourth-order valence-corrected chi connectivity index (χ4v) is 3.24. The predicted octanol–water partition coefficient (Wildman–Crippen LogP) is 5.01. The Balaban J connectivity index is 0.000000749. The molecule has 0 aliphatic rings. The van der Waals surface area contributed by atoms with Crippen LogP contribution in [0.4, 0.5) is 11.5 Å². The molecule has 0 atom stereocenters. The summed E-state index contributed by atoms with van der Waals surface area (Å²) < 4.78 is 0. The highest BCUT2D eigenvalue weighted by Gasteiger charge is 2.19. The number of hydrogen-bond donors (Lipinski definition) is 4. The summed E-state index contributed by atoms with van der Waals surface area (Å²) in [6, 6.07) is 3.91. The lowest BCUT2D eigenvalue weighted by Crippen LogP contribution is -2.18. The van der Waals surface area contributed by atoms with Gasteiger partial charge in [0.2, 0.25) is 0 Å². The van der Waals surface area contributed by atoms with E-state index >= 15 is 0 Å². The van der Waals surface area contributed by atoms with Gasteiger partial charge in [-0.3, -0.25) is 4.79 Å². The van der Waals surface area contributed by atoms with Crippen molar-refractivity contribution in [1.82, 2.24) is 4.98 Å². The summed E-state index contributed by atoms with van der Waals surface area (Å²) in [5.74, 6) is 0.349. The maximum Gasteiger partial charge on any atom is 0.257 e. The number of aryl methyl sites for hydroxylation is 3. The molecule has 2 rings (SSSR count). The quantitative estimate of drug-likeness (QED) is 0.397. The summed E-state index contributed by atoms with van der Waals surface area (Å²) in [5, 5.41) is 6.09. The predicted molar refractivity (Wildman–Crippen MR) is 128 cm³/mol. The molecule has 1 aromatic heterocycles. The van der Waals surface area contributed by atoms with Crippen LogP contribution in [0.5, 0.6) is 0 Å². The van der Waals surface area contributed by atoms with Crippen molar-refractivity contribution in [2.45, 2.75) is 39.0 Å². The summed E-state index contributed by atoms with van der Waals surface area (Å²) in [4.78, 5) is 17.9. The van der Waals surface area contributed by atoms with Crippen molar-refractivity contribution in [3.05, 3.63) is 64.9 Å². The van der Waals surface area contributed by atoms with Crippen LogP contribution in [0.1, 0.15) is 46.5 Å². The SMILES string of the molecule is C/C=C/CN.C=Cc1c(NC)c(CC)cc(C)c1C(=O)Nc1ncc(S)cc1C. The maximum atomic E-state index is 12.9. The molecule has 0 saturated heterocycles. The molecule has 1 aromatic carbocycles. The van der Waals surface area contributed by atoms with Gasteiger partial charge in [0.05, 0.1) is 5.56 Å². The standard InChI is InChI=1S/C19H23N3OS.C4H9N/c1-6-13-8-11(3)16(15(7-2)17(13)20-5)19(23)22-18-12(4)9-14(24)10-21-18;1-2-3-4-5/h7-10,20,24H,2,6H2,1,3-5H3,(H,21,22,23);2-3H,4-5H2,1H3/b;3-2+. The number of carbonyl (C=O) groups excluding carboxylic acids is 1. The van der Waals surface area contributed by atoms with E-state index in [4.69, 9.17) is 5.73 Å². The summed E-state index contributed by atoms with van der Waals surface area (Å²) in [5.41, 5.74) is 10.4. The zero-order valence-corrected chi connectivity index (χ0v) is 18.9. The molecule has 1 amide bonds. The average Bonchev–Trinajstić information content (AvgIpc) is 2.69. The van der Waals surface area contributed by atoms with Gasteiger partial charge in [0.25, 0.3) is 5.91 Å². The molecular formula is C23H32N4OS. The summed E-state index contributed by atoms with van der Waals surface area (Å²) in [7, 11) is 1.86. The first-order valence-electron chi connectivity index (χ1n) is 9.59. The van der Waals surface area contributed by atoms with Crippen molar-refractivity contribution in [3.8, 4) is 0 Å². The van der Waals surface area contributed by atoms with Crippen molar-refractivity contribution in [3.63, 3.8) is 0 Å². The van der Waals surface area contributed by atoms with Crippen LogP contribution < -0.4 is 16.4 Å². The van der Waals surface area contributed by atoms with E-state index in [9.17, 15) is 4.79 Å². The van der Waals surface area contributed by atoms with Crippen molar-refractivity contribution in [2.24, 2.45) is 5.73 Å². The molecule has 0 fully saturated rings. The Morgan fingerprint density at radius 1 is 1.31 bits per heavy atom. The molecule has 2 aromatic rings. The van der Waals surface area contributed by atoms with Gasteiger partial charge in [-0.1, -0.05) is 37.8 Å². The second kappa shape index (κ2) is 12.1. The van der Waals surface area contributed by atoms with Crippen LogP contribution in [0.2, 0.25) is 0 Å². The Morgan fingerprint density at radius 3 is 2.45 bits per heavy atom. The number of hydrogen-bond acceptors (Lipinski definition) is 5. The molecule has 0 saturated carbocycles. The number of benzene rings is 1. The number of nitrogens with one attached hydrogen (secondary N) is 2. The van der Waals surface area contributed by atoms with Gasteiger partial charge in [0, 0.05) is 35.9 Å². The highest BCUT2D eigenvalue weighted by molar-refractivity contribution is 7.80. The molecule has 0 aliphatic heterocycles. The first kappa shape index (κ1) is 24.5. The third kappa shape index (κ3) is 6.48. The number of nitrogens with zero attached hydrogens (tertiary/aromatic N) is 1. The van der Waals surface area contributed by atoms with Gasteiger partial charge in [-0.05, 0) is 49.9 Å². The van der Waals surface area contributed by atoms with E-state index in [2.05, 4.69) is 41.7 Å². The number of amides is 1. The van der Waals surface area contributed by atoms with Crippen molar-refractivity contribution < 1.29 is 4.79 Å². The molecule has 0 radical (unpaired) electrons. The second-order valence-corrected chi connectivity index (χ2v) is 6.96. The maximum absolute atomic E-state index is 12.9. The van der Waals surface area contributed by atoms with E-state index in [0.717, 1.165) is 39.3 Å². The van der Waals surface area contributed by atoms with Crippen LogP contribution in [-0.2, 0) is 6.42 Å². The van der Waals surface area contributed by atoms with Gasteiger partial charge in [-0.2, -0.15) is 0 Å². The van der Waals surface area contributed by atoms with Crippen LogP contribution in [0, 0.1) is 13.8 Å². The highest BCUT2D eigenvalue weighted by Crippen LogP contribution is 2.30. The average molecular weight is 413 g/mol. The van der Waals surface area contributed by atoms with Crippen LogP contribution in [-0.4, -0.2) is 24.5 Å². The Morgan fingerprint density at radius 2 is 2.00 bits per heavy atom. The first-order chi connectivity index (χ1) is 13.8. The minimum Gasteiger partial charge on any atom is -0.387 e. The van der Waals surface area contributed by atoms with Crippen LogP contribution in [0.25, 0.3) is 6.08 Å². The summed E-state index contributed by atoms with van der Waals surface area (Å²) >= 11 is 4.26. The Labute approximate surface area is 179 Å². The topological polar surface area (TPSA) is 80.0 Å². The van der Waals surface area contributed by atoms with Gasteiger partial charge < -0.3 is 16.4 Å². The van der Waals surface area contributed by atoms with Crippen molar-refractivity contribution >= 4 is 36.1 Å². The molecule has 6 heteroatoms. The molecule has 0 unspecified atom stereocenters. The monoisotopic (exact) mass is 412 g/mol. The number of allylic oxidation sites excluding steroid dienone is 1. The third-order valence-electron chi connectivity index (χ3n) is 4.37. The van der Waals surface area contributed by atoms with Crippen molar-refractivity contribution in [2.75, 3.05) is 24.2 Å². The van der Waals surface area contributed by atoms with Gasteiger partial charge in [-0.25, -0.2) is 4.98 Å². The van der Waals surface area contributed by atoms with E-state index in [1.807, 2.05) is 52.1 Å². The molecule has 29 heavy (non-hydrogen) atoms. The number of anilines is 2. The molecule has 1 heterocycles. The second-order valence-electron chi connectivity index (χ2n) is 6.44. The van der Waals surface area contributed by atoms with Gasteiger partial charge in [-0.15, -0.1) is 12.6 Å². The molecular weight excluding hydrogens is 380 g/mol. The smallest absolute Gasteiger partial charge is 0.257 e. The highest BCUT2D eigenvalue weighted by atomic mass is 32.1. The molecule has 5 nitrogen and oxygen atoms in total. The zero-order valence-electron chi connectivity index (χ0n) is 18.0. The molecule has 156 valence electrons. The lowest BCUT2D eigenvalue weighted by molar-refractivity contribution is 0.102. The molecule has 0 aliphatic carbocycles. The van der Waals surface area contributed by atoms with Crippen LogP contribution in [0.15, 0.2) is 42.0 Å². The zero-order chi connectivity index (χ0) is 22.0. The van der Waals surface area contributed by atoms with Crippen molar-refractivity contribution in [1.29, 1.82) is 0 Å². The van der Waals surface area contributed by atoms with Gasteiger partial charge >= 0.3 is 0 Å². The number of thiol groups is 1. The number of nitrogens with two attached hydrogens (primary N) is 1. The Hall–Kier alpha value is -2.57. The fourth-order valence-electron chi connectivity index (χ4n) is 2.99. The number of pyridine rings is 1. The first-order valence-corrected chi connectivity index (χ1v) is 10.0. The number of aromatic nitrogens is 1. The lowest BCUT2D eigenvalue weighted by atomic mass is 9.94. The Bertz CT molecular complexity index is 891. The minimum absolute atomic E-state index is 0.191. The summed E-state index contributed by atoms with van der Waals surface area (Å²) in [6.07, 6.45) is 8.06. The number of carbonyl (C=O) groups is 1.